The van der Waals surface area contributed by atoms with E-state index >= 15 is 0 Å². The molecule has 0 aliphatic rings. The first-order chi connectivity index (χ1) is 14.2. The highest BCUT2D eigenvalue weighted by Gasteiger charge is 2.10. The predicted molar refractivity (Wildman–Crippen MR) is 124 cm³/mol. The topological polar surface area (TPSA) is 52.6 Å². The van der Waals surface area contributed by atoms with E-state index in [0.29, 0.717) is 24.3 Å². The second-order valence-corrected chi connectivity index (χ2v) is 12.4. The van der Waals surface area contributed by atoms with Crippen molar-refractivity contribution in [3.05, 3.63) is 70.8 Å². The van der Waals surface area contributed by atoms with Gasteiger partial charge >= 0.3 is 11.9 Å². The van der Waals surface area contributed by atoms with Crippen LogP contribution in [0.2, 0.25) is 19.6 Å². The van der Waals surface area contributed by atoms with Gasteiger partial charge in [-0.25, -0.2) is 9.59 Å². The van der Waals surface area contributed by atoms with Crippen LogP contribution in [-0.2, 0) is 9.47 Å². The van der Waals surface area contributed by atoms with Gasteiger partial charge in [0.25, 0.3) is 0 Å². The summed E-state index contributed by atoms with van der Waals surface area (Å²) >= 11 is 0. The summed E-state index contributed by atoms with van der Waals surface area (Å²) in [5, 5.41) is 0. The smallest absolute Gasteiger partial charge is 0.338 e. The van der Waals surface area contributed by atoms with Gasteiger partial charge in [0.05, 0.1) is 24.3 Å². The minimum atomic E-state index is -1.58. The third-order valence-corrected chi connectivity index (χ3v) is 4.89. The fourth-order valence-electron chi connectivity index (χ4n) is 2.54. The Morgan fingerprint density at radius 2 is 1.23 bits per heavy atom. The number of esters is 2. The SMILES string of the molecule is CCOC(=O)c1ccc(/C=C(/C#C[Si](C)(C)C)c2ccc(C(=O)OCC)cc2)cc1. The third-order valence-electron chi connectivity index (χ3n) is 4.01. The second kappa shape index (κ2) is 10.6. The molecule has 2 aromatic rings. The molecule has 4 nitrogen and oxygen atoms in total. The van der Waals surface area contributed by atoms with Crippen molar-refractivity contribution in [2.24, 2.45) is 0 Å². The fraction of sp³-hybridized carbons (Fsp3) is 0.280. The molecule has 0 spiro atoms. The van der Waals surface area contributed by atoms with E-state index in [9.17, 15) is 9.59 Å². The van der Waals surface area contributed by atoms with E-state index in [-0.39, 0.29) is 11.9 Å². The van der Waals surface area contributed by atoms with Crippen molar-refractivity contribution in [1.29, 1.82) is 0 Å². The molecule has 0 heterocycles. The fourth-order valence-corrected chi connectivity index (χ4v) is 3.05. The molecule has 30 heavy (non-hydrogen) atoms. The van der Waals surface area contributed by atoms with E-state index in [1.807, 2.05) is 30.3 Å². The van der Waals surface area contributed by atoms with Gasteiger partial charge in [0, 0.05) is 5.57 Å². The van der Waals surface area contributed by atoms with Crippen LogP contribution < -0.4 is 0 Å². The second-order valence-electron chi connectivity index (χ2n) is 7.70. The Morgan fingerprint density at radius 1 is 0.800 bits per heavy atom. The lowest BCUT2D eigenvalue weighted by Crippen LogP contribution is -2.16. The van der Waals surface area contributed by atoms with Gasteiger partial charge in [-0.1, -0.05) is 49.8 Å². The highest BCUT2D eigenvalue weighted by Crippen LogP contribution is 2.20. The first kappa shape index (κ1) is 23.2. The quantitative estimate of drug-likeness (QED) is 0.269. The Labute approximate surface area is 179 Å². The molecular weight excluding hydrogens is 392 g/mol. The molecular formula is C25H28O4Si. The van der Waals surface area contributed by atoms with Crippen molar-refractivity contribution >= 4 is 31.7 Å². The maximum absolute atomic E-state index is 11.9. The number of benzene rings is 2. The van der Waals surface area contributed by atoms with Gasteiger partial charge in [0.1, 0.15) is 8.07 Å². The largest absolute Gasteiger partial charge is 0.462 e. The van der Waals surface area contributed by atoms with E-state index in [4.69, 9.17) is 9.47 Å². The van der Waals surface area contributed by atoms with E-state index < -0.39 is 8.07 Å². The normalized spacial score (nSPS) is 11.3. The van der Waals surface area contributed by atoms with Crippen LogP contribution in [0.5, 0.6) is 0 Å². The Hall–Kier alpha value is -3.10. The summed E-state index contributed by atoms with van der Waals surface area (Å²) in [6.45, 7) is 10.8. The summed E-state index contributed by atoms with van der Waals surface area (Å²) in [6.07, 6.45) is 1.99. The minimum absolute atomic E-state index is 0.332. The van der Waals surface area contributed by atoms with E-state index in [1.54, 1.807) is 38.1 Å². The number of carbonyl (C=O) groups excluding carboxylic acids is 2. The molecule has 2 rings (SSSR count). The molecule has 5 heteroatoms. The predicted octanol–water partition coefficient (Wildman–Crippen LogP) is 5.46. The number of rotatable bonds is 6. The lowest BCUT2D eigenvalue weighted by atomic mass is 10.0. The maximum atomic E-state index is 11.9. The first-order valence-corrected chi connectivity index (χ1v) is 13.5. The molecule has 0 saturated carbocycles. The number of allylic oxidation sites excluding steroid dienone is 1. The zero-order chi connectivity index (χ0) is 22.1. The van der Waals surface area contributed by atoms with Crippen LogP contribution >= 0.6 is 0 Å². The van der Waals surface area contributed by atoms with Crippen molar-refractivity contribution in [1.82, 2.24) is 0 Å². The molecule has 0 fully saturated rings. The van der Waals surface area contributed by atoms with Crippen LogP contribution in [0, 0.1) is 11.5 Å². The van der Waals surface area contributed by atoms with Gasteiger partial charge in [0.2, 0.25) is 0 Å². The van der Waals surface area contributed by atoms with Crippen LogP contribution in [0.3, 0.4) is 0 Å². The lowest BCUT2D eigenvalue weighted by Gasteiger charge is -2.07. The summed E-state index contributed by atoms with van der Waals surface area (Å²) < 4.78 is 10.1. The Bertz CT molecular complexity index is 969. The maximum Gasteiger partial charge on any atom is 0.338 e. The zero-order valence-corrected chi connectivity index (χ0v) is 19.2. The summed E-state index contributed by atoms with van der Waals surface area (Å²) in [4.78, 5) is 23.8. The van der Waals surface area contributed by atoms with Crippen LogP contribution in [0.4, 0.5) is 0 Å². The van der Waals surface area contributed by atoms with E-state index in [0.717, 1.165) is 16.7 Å². The monoisotopic (exact) mass is 420 g/mol. The van der Waals surface area contributed by atoms with Crippen molar-refractivity contribution in [3.8, 4) is 11.5 Å². The summed E-state index contributed by atoms with van der Waals surface area (Å²) in [7, 11) is -1.58. The Balaban J connectivity index is 2.39. The number of carbonyl (C=O) groups is 2. The molecule has 0 aliphatic heterocycles. The van der Waals surface area contributed by atoms with Crippen LogP contribution in [0.1, 0.15) is 45.7 Å². The molecule has 0 saturated heterocycles. The van der Waals surface area contributed by atoms with Gasteiger partial charge in [-0.05, 0) is 55.3 Å². The van der Waals surface area contributed by atoms with Gasteiger partial charge in [-0.2, -0.15) is 0 Å². The first-order valence-electron chi connectivity index (χ1n) is 10.0. The molecule has 0 aromatic heterocycles. The summed E-state index contributed by atoms with van der Waals surface area (Å²) in [6, 6.07) is 14.5. The number of hydrogen-bond acceptors (Lipinski definition) is 4. The zero-order valence-electron chi connectivity index (χ0n) is 18.2. The van der Waals surface area contributed by atoms with Crippen molar-refractivity contribution in [2.75, 3.05) is 13.2 Å². The van der Waals surface area contributed by atoms with Crippen molar-refractivity contribution < 1.29 is 19.1 Å². The molecule has 0 amide bonds. The molecule has 0 N–H and O–H groups in total. The van der Waals surface area contributed by atoms with E-state index in [2.05, 4.69) is 31.1 Å². The molecule has 0 aliphatic carbocycles. The van der Waals surface area contributed by atoms with Crippen molar-refractivity contribution in [2.45, 2.75) is 33.5 Å². The summed E-state index contributed by atoms with van der Waals surface area (Å²) in [5.41, 5.74) is 7.13. The highest BCUT2D eigenvalue weighted by atomic mass is 28.3. The van der Waals surface area contributed by atoms with Gasteiger partial charge < -0.3 is 9.47 Å². The minimum Gasteiger partial charge on any atom is -0.462 e. The van der Waals surface area contributed by atoms with Crippen LogP contribution in [0.15, 0.2) is 48.5 Å². The summed E-state index contributed by atoms with van der Waals surface area (Å²) in [5.74, 6) is 2.65. The van der Waals surface area contributed by atoms with Gasteiger partial charge in [-0.15, -0.1) is 5.54 Å². The molecule has 0 atom stereocenters. The van der Waals surface area contributed by atoms with Crippen molar-refractivity contribution in [3.63, 3.8) is 0 Å². The van der Waals surface area contributed by atoms with E-state index in [1.165, 1.54) is 0 Å². The third kappa shape index (κ3) is 7.05. The molecule has 2 aromatic carbocycles. The van der Waals surface area contributed by atoms with Crippen LogP contribution in [-0.4, -0.2) is 33.2 Å². The average Bonchev–Trinajstić information content (AvgIpc) is 2.71. The van der Waals surface area contributed by atoms with Gasteiger partial charge in [0.15, 0.2) is 0 Å². The number of hydrogen-bond donors (Lipinski definition) is 0. The molecule has 156 valence electrons. The number of ether oxygens (including phenoxy) is 2. The lowest BCUT2D eigenvalue weighted by molar-refractivity contribution is 0.0516. The average molecular weight is 421 g/mol. The standard InChI is InChI=1S/C25H28O4Si/c1-6-28-24(26)21-10-8-19(9-11-21)18-23(16-17-30(3,4)5)20-12-14-22(15-13-20)25(27)29-7-2/h8-15,18H,6-7H2,1-5H3/b23-18-. The van der Waals surface area contributed by atoms with Crippen LogP contribution in [0.25, 0.3) is 11.6 Å². The highest BCUT2D eigenvalue weighted by molar-refractivity contribution is 6.84. The molecule has 0 unspecified atom stereocenters. The van der Waals surface area contributed by atoms with Gasteiger partial charge in [-0.3, -0.25) is 0 Å². The molecule has 0 bridgehead atoms. The molecule has 0 radical (unpaired) electrons. The Kier molecular flexibility index (Phi) is 8.20. The Morgan fingerprint density at radius 3 is 1.67 bits per heavy atom.